The third kappa shape index (κ3) is 8.75. The van der Waals surface area contributed by atoms with Gasteiger partial charge in [0.25, 0.3) is 0 Å². The van der Waals surface area contributed by atoms with Gasteiger partial charge >= 0.3 is 0 Å². The summed E-state index contributed by atoms with van der Waals surface area (Å²) in [7, 11) is 0. The van der Waals surface area contributed by atoms with Gasteiger partial charge in [0.1, 0.15) is 22.3 Å². The smallest absolute Gasteiger partial charge is 0.145 e. The summed E-state index contributed by atoms with van der Waals surface area (Å²) in [5.41, 5.74) is 25.5. The van der Waals surface area contributed by atoms with Crippen molar-refractivity contribution in [2.24, 2.45) is 0 Å². The molecule has 3 aliphatic heterocycles. The van der Waals surface area contributed by atoms with Crippen molar-refractivity contribution in [1.29, 1.82) is 0 Å². The third-order valence-corrected chi connectivity index (χ3v) is 30.3. The standard InChI is InChI=1S/2C36H20N2OS.C36H20N2S2/c1-5-17-30-23(10-1)34-31(39-30)20-19-27-33(34)24-12-8-15-28-35(24)38(27)26-14-4-3-13-25(26)37(28)29-16-7-11-22-21-9-2-6-18-32(21)40-36(22)29;1-5-17-31-21(9-1)23-19-20-28-33(35(23)39-31)25-12-8-15-29-34(25)38(28)27-14-4-3-13-26(27)37(29)30-16-7-11-24-22-10-2-6-18-32(22)40-36(24)30;1-5-17-30-21(9-1)22-11-7-16-29(36(22)40-30)37-25-13-3-4-14-26(25)38-27-19-20-32-34(23-10-2-6-18-31(23)39-32)33(27)24-12-8-15-28(37)35(24)38/h3*1-20H. The fourth-order valence-corrected chi connectivity index (χ4v) is 25.5. The minimum atomic E-state index is 0.926. The van der Waals surface area contributed by atoms with Crippen LogP contribution in [0.1, 0.15) is 0 Å². The second kappa shape index (κ2) is 24.4. The molecule has 0 radical (unpaired) electrons. The first kappa shape index (κ1) is 65.4. The summed E-state index contributed by atoms with van der Waals surface area (Å²) in [4.78, 5) is 7.43. The molecule has 0 fully saturated rings. The molecule has 18 aromatic carbocycles. The van der Waals surface area contributed by atoms with Gasteiger partial charge in [0.15, 0.2) is 0 Å². The van der Waals surface area contributed by atoms with Crippen molar-refractivity contribution in [3.8, 4) is 17.1 Å². The van der Waals surface area contributed by atoms with E-state index in [4.69, 9.17) is 8.83 Å². The number of furan rings is 2. The first-order valence-corrected chi connectivity index (χ1v) is 43.9. The van der Waals surface area contributed by atoms with E-state index >= 15 is 0 Å². The Bertz CT molecular complexity index is 8850. The fraction of sp³-hybridized carbons (Fsp3) is 0. The Labute approximate surface area is 699 Å². The van der Waals surface area contributed by atoms with Crippen molar-refractivity contribution >= 4 is 287 Å². The van der Waals surface area contributed by atoms with Gasteiger partial charge in [-0.2, -0.15) is 0 Å². The molecule has 27 aromatic rings. The topological polar surface area (TPSA) is 50.8 Å². The van der Waals surface area contributed by atoms with Gasteiger partial charge < -0.3 is 37.2 Å². The van der Waals surface area contributed by atoms with Crippen LogP contribution in [0.15, 0.2) is 373 Å². The molecule has 0 saturated heterocycles. The molecule has 30 rings (SSSR count). The maximum atomic E-state index is 6.56. The van der Waals surface area contributed by atoms with Crippen LogP contribution in [0.2, 0.25) is 0 Å². The van der Waals surface area contributed by atoms with E-state index in [0.29, 0.717) is 0 Å². The number of anilines is 9. The van der Waals surface area contributed by atoms with Gasteiger partial charge in [-0.25, -0.2) is 0 Å². The summed E-state index contributed by atoms with van der Waals surface area (Å²) in [5.74, 6) is 0. The second-order valence-corrected chi connectivity index (χ2v) is 35.8. The van der Waals surface area contributed by atoms with E-state index in [2.05, 4.69) is 380 Å². The highest BCUT2D eigenvalue weighted by molar-refractivity contribution is 7.27. The molecule has 0 saturated carbocycles. The molecule has 0 spiro atoms. The lowest BCUT2D eigenvalue weighted by molar-refractivity contribution is 0.669. The van der Waals surface area contributed by atoms with Crippen molar-refractivity contribution < 1.29 is 8.83 Å². The van der Waals surface area contributed by atoms with Gasteiger partial charge in [0.05, 0.1) is 121 Å². The number of hydrogen-bond acceptors (Lipinski definition) is 9. The molecule has 0 atom stereocenters. The fourth-order valence-electron chi connectivity index (χ4n) is 20.7. The largest absolute Gasteiger partial charge is 0.456 e. The number of aromatic nitrogens is 3. The van der Waals surface area contributed by atoms with Crippen molar-refractivity contribution in [2.75, 3.05) is 14.7 Å². The summed E-state index contributed by atoms with van der Waals surface area (Å²) in [6.45, 7) is 0. The summed E-state index contributed by atoms with van der Waals surface area (Å²) in [6.07, 6.45) is 0. The normalized spacial score (nSPS) is 12.9. The number of nitrogens with zero attached hydrogens (tertiary/aromatic N) is 6. The van der Waals surface area contributed by atoms with Gasteiger partial charge in [-0.1, -0.05) is 218 Å². The number of para-hydroxylation sites is 11. The SMILES string of the molecule is c1ccc2c(c1)N(c1cccc3c1sc1ccccc13)c1cccc3c4c5c(ccc4n-2c13)oc1ccccc15.c1ccc2c(c1)N(c1cccc3c1sc1ccccc13)c1cccc3c4c5c(ccc4n-2c13)sc1ccccc15.c1ccc2c(c1)N(c1cccc3c1sc1ccccc13)c1cccc3c4c5oc6ccccc6c5ccc4n-2c13. The second-order valence-electron chi connectivity index (χ2n) is 31.6. The number of thiophene rings is 4. The molecule has 0 bridgehead atoms. The van der Waals surface area contributed by atoms with Crippen LogP contribution in [-0.2, 0) is 0 Å². The van der Waals surface area contributed by atoms with Gasteiger partial charge in [-0.3, -0.25) is 0 Å². The average molecular weight is 1600 g/mol. The van der Waals surface area contributed by atoms with Crippen LogP contribution in [0.5, 0.6) is 0 Å². The number of benzene rings is 18. The first-order chi connectivity index (χ1) is 59.6. The maximum absolute atomic E-state index is 6.56. The summed E-state index contributed by atoms with van der Waals surface area (Å²) < 4.78 is 30.9. The van der Waals surface area contributed by atoms with Crippen LogP contribution in [0, 0.1) is 0 Å². The van der Waals surface area contributed by atoms with E-state index in [1.807, 2.05) is 57.5 Å². The zero-order chi connectivity index (χ0) is 77.8. The zero-order valence-electron chi connectivity index (χ0n) is 63.8. The minimum absolute atomic E-state index is 0.926. The summed E-state index contributed by atoms with van der Waals surface area (Å²) >= 11 is 7.53. The zero-order valence-corrected chi connectivity index (χ0v) is 67.0. The van der Waals surface area contributed by atoms with E-state index in [-0.39, 0.29) is 0 Å². The van der Waals surface area contributed by atoms with Crippen LogP contribution in [0.3, 0.4) is 0 Å². The van der Waals surface area contributed by atoms with E-state index in [9.17, 15) is 0 Å². The molecule has 12 heterocycles. The molecule has 9 aromatic heterocycles. The number of hydrogen-bond donors (Lipinski definition) is 0. The predicted molar refractivity (Wildman–Crippen MR) is 513 cm³/mol. The maximum Gasteiger partial charge on any atom is 0.145 e. The van der Waals surface area contributed by atoms with Crippen LogP contribution >= 0.6 is 45.3 Å². The first-order valence-electron chi connectivity index (χ1n) is 40.6. The molecule has 558 valence electrons. The van der Waals surface area contributed by atoms with Crippen molar-refractivity contribution in [1.82, 2.24) is 13.7 Å². The Morgan fingerprint density at radius 3 is 0.967 bits per heavy atom. The average Bonchev–Trinajstić information content (AvgIpc) is 1.56. The van der Waals surface area contributed by atoms with E-state index in [0.717, 1.165) is 38.5 Å². The van der Waals surface area contributed by atoms with Gasteiger partial charge in [0.2, 0.25) is 0 Å². The Balaban J connectivity index is 0.0000000931. The highest BCUT2D eigenvalue weighted by Crippen LogP contribution is 2.59. The molecule has 0 amide bonds. The highest BCUT2D eigenvalue weighted by atomic mass is 32.1. The Kier molecular flexibility index (Phi) is 13.3. The minimum Gasteiger partial charge on any atom is -0.456 e. The number of fused-ring (bicyclic) bond motifs is 36. The molecule has 0 N–H and O–H groups in total. The lowest BCUT2D eigenvalue weighted by Crippen LogP contribution is -2.18. The Morgan fingerprint density at radius 2 is 0.492 bits per heavy atom. The van der Waals surface area contributed by atoms with E-state index in [1.54, 1.807) is 0 Å². The monoisotopic (exact) mass is 1600 g/mol. The molecular formula is C108H60N6O2S4. The van der Waals surface area contributed by atoms with Crippen molar-refractivity contribution in [3.63, 3.8) is 0 Å². The van der Waals surface area contributed by atoms with Gasteiger partial charge in [0, 0.05) is 115 Å². The van der Waals surface area contributed by atoms with E-state index in [1.165, 1.54) is 220 Å². The molecule has 120 heavy (non-hydrogen) atoms. The van der Waals surface area contributed by atoms with Crippen LogP contribution < -0.4 is 14.7 Å². The van der Waals surface area contributed by atoms with Crippen LogP contribution in [0.25, 0.3) is 207 Å². The molecule has 3 aliphatic rings. The van der Waals surface area contributed by atoms with Gasteiger partial charge in [-0.05, 0) is 146 Å². The quantitative estimate of drug-likeness (QED) is 0.176. The lowest BCUT2D eigenvalue weighted by atomic mass is 10.0. The molecule has 0 aliphatic carbocycles. The van der Waals surface area contributed by atoms with Gasteiger partial charge in [-0.15, -0.1) is 45.3 Å². The third-order valence-electron chi connectivity index (χ3n) is 25.5. The van der Waals surface area contributed by atoms with Crippen LogP contribution in [-0.4, -0.2) is 13.7 Å². The Morgan fingerprint density at radius 1 is 0.167 bits per heavy atom. The lowest BCUT2D eigenvalue weighted by Gasteiger charge is -2.33. The molecule has 12 heteroatoms. The highest BCUT2D eigenvalue weighted by Gasteiger charge is 2.36. The van der Waals surface area contributed by atoms with Crippen molar-refractivity contribution in [3.05, 3.63) is 364 Å². The number of rotatable bonds is 3. The molecular weight excluding hydrogens is 1540 g/mol. The van der Waals surface area contributed by atoms with Crippen molar-refractivity contribution in [2.45, 2.75) is 0 Å². The molecule has 0 unspecified atom stereocenters. The van der Waals surface area contributed by atoms with E-state index < -0.39 is 0 Å². The summed E-state index contributed by atoms with van der Waals surface area (Å²) in [6, 6.07) is 132. The predicted octanol–water partition coefficient (Wildman–Crippen LogP) is 33.0. The summed E-state index contributed by atoms with van der Waals surface area (Å²) in [5, 5.41) is 22.8. The van der Waals surface area contributed by atoms with Crippen LogP contribution in [0.4, 0.5) is 51.2 Å². The Hall–Kier alpha value is -14.8. The molecule has 8 nitrogen and oxygen atoms in total.